The molecule has 72 valence electrons. The summed E-state index contributed by atoms with van der Waals surface area (Å²) in [6.45, 7) is 3.96. The van der Waals surface area contributed by atoms with Crippen molar-refractivity contribution < 1.29 is 4.74 Å². The lowest BCUT2D eigenvalue weighted by Crippen LogP contribution is -2.34. The maximum absolute atomic E-state index is 5.88. The van der Waals surface area contributed by atoms with Crippen LogP contribution in [0.4, 0.5) is 0 Å². The molecule has 0 aromatic carbocycles. The zero-order valence-electron chi connectivity index (χ0n) is 8.37. The van der Waals surface area contributed by atoms with Crippen molar-refractivity contribution in [1.29, 1.82) is 0 Å². The molecule has 1 heterocycles. The monoisotopic (exact) mass is 180 g/mol. The van der Waals surface area contributed by atoms with E-state index in [1.807, 2.05) is 32.0 Å². The Morgan fingerprint density at radius 2 is 2.15 bits per heavy atom. The van der Waals surface area contributed by atoms with Gasteiger partial charge in [0.25, 0.3) is 0 Å². The Labute approximate surface area is 78.9 Å². The van der Waals surface area contributed by atoms with Crippen molar-refractivity contribution in [2.45, 2.75) is 25.8 Å². The highest BCUT2D eigenvalue weighted by molar-refractivity contribution is 5.16. The van der Waals surface area contributed by atoms with Crippen LogP contribution >= 0.6 is 0 Å². The normalized spacial score (nSPS) is 11.4. The van der Waals surface area contributed by atoms with Crippen molar-refractivity contribution in [2.75, 3.05) is 7.11 Å². The molecule has 0 aliphatic rings. The van der Waals surface area contributed by atoms with Gasteiger partial charge in [-0.05, 0) is 19.9 Å². The van der Waals surface area contributed by atoms with Gasteiger partial charge in [0.1, 0.15) is 0 Å². The fourth-order valence-electron chi connectivity index (χ4n) is 1.14. The molecule has 1 rings (SSSR count). The number of pyridine rings is 1. The third-order valence-corrected chi connectivity index (χ3v) is 1.63. The number of rotatable bonds is 3. The standard InChI is InChI=1S/C10H16N2O/c1-10(2,11)7-8-5-4-6-9(12-8)13-3/h4-6H,7,11H2,1-3H3. The smallest absolute Gasteiger partial charge is 0.213 e. The molecule has 0 fully saturated rings. The molecule has 0 amide bonds. The zero-order valence-corrected chi connectivity index (χ0v) is 8.37. The molecule has 0 aliphatic carbocycles. The molecule has 0 unspecified atom stereocenters. The number of hydrogen-bond donors (Lipinski definition) is 1. The Balaban J connectivity index is 2.78. The van der Waals surface area contributed by atoms with Gasteiger partial charge < -0.3 is 10.5 Å². The van der Waals surface area contributed by atoms with E-state index in [-0.39, 0.29) is 5.54 Å². The topological polar surface area (TPSA) is 48.1 Å². The molecule has 0 radical (unpaired) electrons. The first kappa shape index (κ1) is 9.99. The summed E-state index contributed by atoms with van der Waals surface area (Å²) < 4.78 is 5.02. The van der Waals surface area contributed by atoms with Gasteiger partial charge in [-0.3, -0.25) is 0 Å². The van der Waals surface area contributed by atoms with Gasteiger partial charge in [-0.1, -0.05) is 6.07 Å². The first-order valence-corrected chi connectivity index (χ1v) is 4.30. The van der Waals surface area contributed by atoms with Crippen LogP contribution in [0, 0.1) is 0 Å². The maximum Gasteiger partial charge on any atom is 0.213 e. The molecule has 3 nitrogen and oxygen atoms in total. The number of hydrogen-bond acceptors (Lipinski definition) is 3. The lowest BCUT2D eigenvalue weighted by Gasteiger charge is -2.17. The van der Waals surface area contributed by atoms with Gasteiger partial charge in [-0.2, -0.15) is 0 Å². The Kier molecular flexibility index (Phi) is 2.88. The minimum Gasteiger partial charge on any atom is -0.481 e. The van der Waals surface area contributed by atoms with E-state index >= 15 is 0 Å². The van der Waals surface area contributed by atoms with E-state index in [4.69, 9.17) is 10.5 Å². The van der Waals surface area contributed by atoms with Crippen molar-refractivity contribution in [3.63, 3.8) is 0 Å². The minimum atomic E-state index is -0.223. The van der Waals surface area contributed by atoms with Crippen LogP contribution < -0.4 is 10.5 Å². The van der Waals surface area contributed by atoms with Crippen molar-refractivity contribution in [2.24, 2.45) is 5.73 Å². The number of nitrogens with two attached hydrogens (primary N) is 1. The summed E-state index contributed by atoms with van der Waals surface area (Å²) in [5.74, 6) is 0.641. The maximum atomic E-state index is 5.88. The molecule has 0 atom stereocenters. The second-order valence-electron chi connectivity index (χ2n) is 3.84. The highest BCUT2D eigenvalue weighted by Crippen LogP contribution is 2.11. The average molecular weight is 180 g/mol. The molecule has 0 bridgehead atoms. The molecule has 0 aliphatic heterocycles. The fourth-order valence-corrected chi connectivity index (χ4v) is 1.14. The van der Waals surface area contributed by atoms with E-state index in [2.05, 4.69) is 4.98 Å². The predicted molar refractivity (Wildman–Crippen MR) is 52.8 cm³/mol. The van der Waals surface area contributed by atoms with E-state index in [1.54, 1.807) is 7.11 Å². The Morgan fingerprint density at radius 1 is 1.46 bits per heavy atom. The Morgan fingerprint density at radius 3 is 2.69 bits per heavy atom. The quantitative estimate of drug-likeness (QED) is 0.764. The predicted octanol–water partition coefficient (Wildman–Crippen LogP) is 1.37. The van der Waals surface area contributed by atoms with Crippen LogP contribution in [-0.2, 0) is 6.42 Å². The molecule has 0 spiro atoms. The second-order valence-corrected chi connectivity index (χ2v) is 3.84. The molecule has 0 saturated heterocycles. The van der Waals surface area contributed by atoms with Crippen LogP contribution in [0.15, 0.2) is 18.2 Å². The summed E-state index contributed by atoms with van der Waals surface area (Å²) in [5.41, 5.74) is 6.62. The largest absolute Gasteiger partial charge is 0.481 e. The van der Waals surface area contributed by atoms with Gasteiger partial charge in [-0.25, -0.2) is 4.98 Å². The van der Waals surface area contributed by atoms with Crippen LogP contribution in [0.2, 0.25) is 0 Å². The van der Waals surface area contributed by atoms with Gasteiger partial charge >= 0.3 is 0 Å². The van der Waals surface area contributed by atoms with Gasteiger partial charge in [0.05, 0.1) is 7.11 Å². The first-order valence-electron chi connectivity index (χ1n) is 4.30. The number of aromatic nitrogens is 1. The number of nitrogens with zero attached hydrogens (tertiary/aromatic N) is 1. The first-order chi connectivity index (χ1) is 6.01. The summed E-state index contributed by atoms with van der Waals surface area (Å²) >= 11 is 0. The van der Waals surface area contributed by atoms with Crippen molar-refractivity contribution in [1.82, 2.24) is 4.98 Å². The van der Waals surface area contributed by atoms with Crippen LogP contribution in [-0.4, -0.2) is 17.6 Å². The molecule has 0 saturated carbocycles. The molecular formula is C10H16N2O. The molecular weight excluding hydrogens is 164 g/mol. The summed E-state index contributed by atoms with van der Waals surface area (Å²) in [5, 5.41) is 0. The molecule has 1 aromatic heterocycles. The third kappa shape index (κ3) is 3.42. The van der Waals surface area contributed by atoms with E-state index in [0.29, 0.717) is 5.88 Å². The van der Waals surface area contributed by atoms with E-state index < -0.39 is 0 Å². The van der Waals surface area contributed by atoms with E-state index in [9.17, 15) is 0 Å². The molecule has 3 heteroatoms. The SMILES string of the molecule is COc1cccc(CC(C)(C)N)n1. The van der Waals surface area contributed by atoms with Crippen LogP contribution in [0.3, 0.4) is 0 Å². The molecule has 2 N–H and O–H groups in total. The average Bonchev–Trinajstić information content (AvgIpc) is 2.01. The number of methoxy groups -OCH3 is 1. The highest BCUT2D eigenvalue weighted by Gasteiger charge is 2.12. The van der Waals surface area contributed by atoms with Crippen molar-refractivity contribution in [3.05, 3.63) is 23.9 Å². The van der Waals surface area contributed by atoms with Crippen molar-refractivity contribution >= 4 is 0 Å². The van der Waals surface area contributed by atoms with Gasteiger partial charge in [0, 0.05) is 23.7 Å². The van der Waals surface area contributed by atoms with Crippen molar-refractivity contribution in [3.8, 4) is 5.88 Å². The fraction of sp³-hybridized carbons (Fsp3) is 0.500. The van der Waals surface area contributed by atoms with E-state index in [0.717, 1.165) is 12.1 Å². The van der Waals surface area contributed by atoms with Crippen LogP contribution in [0.1, 0.15) is 19.5 Å². The summed E-state index contributed by atoms with van der Waals surface area (Å²) in [7, 11) is 1.61. The summed E-state index contributed by atoms with van der Waals surface area (Å²) in [6, 6.07) is 5.71. The minimum absolute atomic E-state index is 0.223. The molecule has 13 heavy (non-hydrogen) atoms. The van der Waals surface area contributed by atoms with Gasteiger partial charge in [0.2, 0.25) is 5.88 Å². The molecule has 1 aromatic rings. The second kappa shape index (κ2) is 3.75. The van der Waals surface area contributed by atoms with E-state index in [1.165, 1.54) is 0 Å². The van der Waals surface area contributed by atoms with Crippen LogP contribution in [0.5, 0.6) is 5.88 Å². The highest BCUT2D eigenvalue weighted by atomic mass is 16.5. The summed E-state index contributed by atoms with van der Waals surface area (Å²) in [4.78, 5) is 4.27. The van der Waals surface area contributed by atoms with Gasteiger partial charge in [-0.15, -0.1) is 0 Å². The van der Waals surface area contributed by atoms with Gasteiger partial charge in [0.15, 0.2) is 0 Å². The third-order valence-electron chi connectivity index (χ3n) is 1.63. The lowest BCUT2D eigenvalue weighted by atomic mass is 10.00. The summed E-state index contributed by atoms with van der Waals surface area (Å²) in [6.07, 6.45) is 0.754. The Bertz CT molecular complexity index is 278. The zero-order chi connectivity index (χ0) is 9.90. The number of ether oxygens (including phenoxy) is 1. The van der Waals surface area contributed by atoms with Crippen LogP contribution in [0.25, 0.3) is 0 Å². The lowest BCUT2D eigenvalue weighted by molar-refractivity contribution is 0.394. The Hall–Kier alpha value is -1.09.